The van der Waals surface area contributed by atoms with Crippen LogP contribution in [0.3, 0.4) is 0 Å². The molecule has 2 rings (SSSR count). The van der Waals surface area contributed by atoms with Gasteiger partial charge in [-0.25, -0.2) is 4.79 Å². The number of hydrogen-bond acceptors (Lipinski definition) is 3. The Balaban J connectivity index is 1.76. The molecule has 0 aliphatic rings. The van der Waals surface area contributed by atoms with E-state index in [4.69, 9.17) is 4.74 Å². The molecule has 0 fully saturated rings. The van der Waals surface area contributed by atoms with E-state index in [9.17, 15) is 4.79 Å². The van der Waals surface area contributed by atoms with Crippen molar-refractivity contribution >= 4 is 6.09 Å². The standard InChI is InChI=1S/C27H40N2O2/c1-22(19-20-28-26(30)31-27(2,3)4)21-29-25(17-15-23-11-7-5-8-12-23)18-16-24-13-9-6-10-14-24/h5-14,22,25,29H,15-21H2,1-4H3,(H,28,30)/t22-/m0/s1. The van der Waals surface area contributed by atoms with Gasteiger partial charge in [-0.2, -0.15) is 0 Å². The lowest BCUT2D eigenvalue weighted by atomic mass is 9.98. The van der Waals surface area contributed by atoms with E-state index < -0.39 is 5.60 Å². The Bertz CT molecular complexity index is 697. The third kappa shape index (κ3) is 11.6. The number of carbonyl (C=O) groups is 1. The van der Waals surface area contributed by atoms with E-state index in [0.29, 0.717) is 18.5 Å². The average Bonchev–Trinajstić information content (AvgIpc) is 2.73. The summed E-state index contributed by atoms with van der Waals surface area (Å²) in [5.41, 5.74) is 2.33. The molecule has 0 saturated heterocycles. The maximum absolute atomic E-state index is 11.8. The zero-order valence-electron chi connectivity index (χ0n) is 19.7. The highest BCUT2D eigenvalue weighted by atomic mass is 16.6. The summed E-state index contributed by atoms with van der Waals surface area (Å²) < 4.78 is 5.30. The molecule has 0 aromatic heterocycles. The molecular formula is C27H40N2O2. The van der Waals surface area contributed by atoms with Crippen LogP contribution in [0.15, 0.2) is 60.7 Å². The van der Waals surface area contributed by atoms with Crippen molar-refractivity contribution < 1.29 is 9.53 Å². The van der Waals surface area contributed by atoms with Crippen LogP contribution < -0.4 is 10.6 Å². The largest absolute Gasteiger partial charge is 0.444 e. The summed E-state index contributed by atoms with van der Waals surface area (Å²) >= 11 is 0. The van der Waals surface area contributed by atoms with Gasteiger partial charge in [-0.3, -0.25) is 0 Å². The smallest absolute Gasteiger partial charge is 0.407 e. The summed E-state index contributed by atoms with van der Waals surface area (Å²) in [6, 6.07) is 21.9. The van der Waals surface area contributed by atoms with Gasteiger partial charge in [0.05, 0.1) is 0 Å². The Morgan fingerprint density at radius 1 is 0.871 bits per heavy atom. The second-order valence-electron chi connectivity index (χ2n) is 9.48. The number of hydrogen-bond donors (Lipinski definition) is 2. The van der Waals surface area contributed by atoms with Crippen LogP contribution in [-0.2, 0) is 17.6 Å². The van der Waals surface area contributed by atoms with E-state index in [-0.39, 0.29) is 6.09 Å². The number of carbonyl (C=O) groups excluding carboxylic acids is 1. The number of rotatable bonds is 12. The summed E-state index contributed by atoms with van der Waals surface area (Å²) in [6.45, 7) is 9.45. The molecule has 2 aromatic rings. The highest BCUT2D eigenvalue weighted by molar-refractivity contribution is 5.67. The molecule has 31 heavy (non-hydrogen) atoms. The molecule has 0 radical (unpaired) electrons. The molecule has 1 amide bonds. The molecule has 0 bridgehead atoms. The second-order valence-corrected chi connectivity index (χ2v) is 9.48. The van der Waals surface area contributed by atoms with Crippen LogP contribution in [0.4, 0.5) is 4.79 Å². The molecule has 0 spiro atoms. The molecule has 0 unspecified atom stereocenters. The van der Waals surface area contributed by atoms with Gasteiger partial charge in [0.15, 0.2) is 0 Å². The van der Waals surface area contributed by atoms with E-state index in [1.165, 1.54) is 11.1 Å². The van der Waals surface area contributed by atoms with Crippen LogP contribution >= 0.6 is 0 Å². The lowest BCUT2D eigenvalue weighted by Crippen LogP contribution is -2.36. The van der Waals surface area contributed by atoms with Crippen molar-refractivity contribution in [1.82, 2.24) is 10.6 Å². The number of amides is 1. The van der Waals surface area contributed by atoms with Crippen LogP contribution in [0.25, 0.3) is 0 Å². The summed E-state index contributed by atoms with van der Waals surface area (Å²) in [6.07, 6.45) is 5.01. The monoisotopic (exact) mass is 424 g/mol. The van der Waals surface area contributed by atoms with Gasteiger partial charge < -0.3 is 15.4 Å². The first-order chi connectivity index (χ1) is 14.8. The van der Waals surface area contributed by atoms with E-state index in [0.717, 1.165) is 38.6 Å². The van der Waals surface area contributed by atoms with Crippen LogP contribution in [-0.4, -0.2) is 30.8 Å². The fourth-order valence-electron chi connectivity index (χ4n) is 3.52. The molecule has 2 aromatic carbocycles. The van der Waals surface area contributed by atoms with Gasteiger partial charge in [0, 0.05) is 12.6 Å². The van der Waals surface area contributed by atoms with Crippen molar-refractivity contribution in [2.75, 3.05) is 13.1 Å². The highest BCUT2D eigenvalue weighted by Crippen LogP contribution is 2.12. The molecule has 0 aliphatic heterocycles. The quantitative estimate of drug-likeness (QED) is 0.455. The molecule has 0 saturated carbocycles. The van der Waals surface area contributed by atoms with Gasteiger partial charge in [0.2, 0.25) is 0 Å². The zero-order valence-corrected chi connectivity index (χ0v) is 19.7. The Morgan fingerprint density at radius 2 is 1.39 bits per heavy atom. The molecule has 4 heteroatoms. The third-order valence-corrected chi connectivity index (χ3v) is 5.31. The number of nitrogens with one attached hydrogen (secondary N) is 2. The SMILES string of the molecule is C[C@@H](CCNC(=O)OC(C)(C)C)CNC(CCc1ccccc1)CCc1ccccc1. The Labute approximate surface area is 188 Å². The average molecular weight is 425 g/mol. The first kappa shape index (κ1) is 24.9. The molecule has 0 aliphatic carbocycles. The normalized spacial score (nSPS) is 12.5. The number of aryl methyl sites for hydroxylation is 2. The summed E-state index contributed by atoms with van der Waals surface area (Å²) in [5.74, 6) is 0.478. The van der Waals surface area contributed by atoms with Crippen LogP contribution in [0.2, 0.25) is 0 Å². The lowest BCUT2D eigenvalue weighted by molar-refractivity contribution is 0.0525. The molecule has 2 N–H and O–H groups in total. The number of ether oxygens (including phenoxy) is 1. The minimum atomic E-state index is -0.456. The van der Waals surface area contributed by atoms with Gasteiger partial charge >= 0.3 is 6.09 Å². The minimum absolute atomic E-state index is 0.337. The van der Waals surface area contributed by atoms with Crippen molar-refractivity contribution in [1.29, 1.82) is 0 Å². The van der Waals surface area contributed by atoms with Crippen molar-refractivity contribution in [3.8, 4) is 0 Å². The van der Waals surface area contributed by atoms with Crippen LogP contribution in [0, 0.1) is 5.92 Å². The molecular weight excluding hydrogens is 384 g/mol. The fraction of sp³-hybridized carbons (Fsp3) is 0.519. The maximum Gasteiger partial charge on any atom is 0.407 e. The van der Waals surface area contributed by atoms with Crippen molar-refractivity contribution in [3.05, 3.63) is 71.8 Å². The zero-order chi connectivity index (χ0) is 22.5. The third-order valence-electron chi connectivity index (χ3n) is 5.31. The van der Waals surface area contributed by atoms with Gasteiger partial charge in [-0.15, -0.1) is 0 Å². The van der Waals surface area contributed by atoms with Crippen molar-refractivity contribution in [2.45, 2.75) is 71.4 Å². The van der Waals surface area contributed by atoms with E-state index in [1.807, 2.05) is 20.8 Å². The van der Waals surface area contributed by atoms with Crippen LogP contribution in [0.5, 0.6) is 0 Å². The van der Waals surface area contributed by atoms with E-state index >= 15 is 0 Å². The Hall–Kier alpha value is -2.33. The Kier molecular flexibility index (Phi) is 10.6. The van der Waals surface area contributed by atoms with Crippen LogP contribution in [0.1, 0.15) is 58.1 Å². The predicted octanol–water partition coefficient (Wildman–Crippen LogP) is 5.76. The van der Waals surface area contributed by atoms with Gasteiger partial charge in [0.25, 0.3) is 0 Å². The molecule has 1 atom stereocenters. The number of alkyl carbamates (subject to hydrolysis) is 1. The van der Waals surface area contributed by atoms with E-state index in [1.54, 1.807) is 0 Å². The minimum Gasteiger partial charge on any atom is -0.444 e. The maximum atomic E-state index is 11.8. The summed E-state index contributed by atoms with van der Waals surface area (Å²) in [7, 11) is 0. The van der Waals surface area contributed by atoms with Crippen molar-refractivity contribution in [2.24, 2.45) is 5.92 Å². The second kappa shape index (κ2) is 13.2. The topological polar surface area (TPSA) is 50.4 Å². The van der Waals surface area contributed by atoms with Gasteiger partial charge in [0.1, 0.15) is 5.60 Å². The molecule has 4 nitrogen and oxygen atoms in total. The first-order valence-corrected chi connectivity index (χ1v) is 11.6. The molecule has 0 heterocycles. The number of benzene rings is 2. The van der Waals surface area contributed by atoms with Crippen molar-refractivity contribution in [3.63, 3.8) is 0 Å². The predicted molar refractivity (Wildman–Crippen MR) is 129 cm³/mol. The Morgan fingerprint density at radius 3 is 1.87 bits per heavy atom. The first-order valence-electron chi connectivity index (χ1n) is 11.6. The summed E-state index contributed by atoms with van der Waals surface area (Å²) in [5, 5.41) is 6.65. The van der Waals surface area contributed by atoms with E-state index in [2.05, 4.69) is 78.2 Å². The van der Waals surface area contributed by atoms with Gasteiger partial charge in [-0.05, 0) is 76.5 Å². The lowest BCUT2D eigenvalue weighted by Gasteiger charge is -2.22. The molecule has 170 valence electrons. The fourth-order valence-corrected chi connectivity index (χ4v) is 3.52. The van der Waals surface area contributed by atoms with Gasteiger partial charge in [-0.1, -0.05) is 67.6 Å². The summed E-state index contributed by atoms with van der Waals surface area (Å²) in [4.78, 5) is 11.8. The highest BCUT2D eigenvalue weighted by Gasteiger charge is 2.16.